The van der Waals surface area contributed by atoms with Gasteiger partial charge in [0.15, 0.2) is 0 Å². The Morgan fingerprint density at radius 1 is 1.60 bits per heavy atom. The van der Waals surface area contributed by atoms with Crippen LogP contribution in [0.5, 0.6) is 0 Å². The summed E-state index contributed by atoms with van der Waals surface area (Å²) in [4.78, 5) is 6.39. The standard InChI is InChI=1S/C10H17N3OS/c1-4-5-13(6-7-14)10-11-9(8(2)3)12-15-10/h4,8,14H,1,5-7H2,2-3H3. The second-order valence-corrected chi connectivity index (χ2v) is 4.28. The molecule has 0 fully saturated rings. The Balaban J connectivity index is 2.76. The van der Waals surface area contributed by atoms with Crippen LogP contribution < -0.4 is 4.90 Å². The van der Waals surface area contributed by atoms with Crippen LogP contribution in [0.25, 0.3) is 0 Å². The molecule has 15 heavy (non-hydrogen) atoms. The van der Waals surface area contributed by atoms with Gasteiger partial charge in [0.2, 0.25) is 5.13 Å². The zero-order valence-corrected chi connectivity index (χ0v) is 10.00. The molecule has 0 aliphatic heterocycles. The Morgan fingerprint density at radius 2 is 2.33 bits per heavy atom. The second-order valence-electron chi connectivity index (χ2n) is 3.55. The van der Waals surface area contributed by atoms with Crippen molar-refractivity contribution in [3.8, 4) is 0 Å². The number of aliphatic hydroxyl groups excluding tert-OH is 1. The fraction of sp³-hybridized carbons (Fsp3) is 0.600. The zero-order chi connectivity index (χ0) is 11.3. The molecule has 0 aliphatic rings. The van der Waals surface area contributed by atoms with E-state index in [4.69, 9.17) is 5.11 Å². The van der Waals surface area contributed by atoms with E-state index in [2.05, 4.69) is 29.8 Å². The van der Waals surface area contributed by atoms with E-state index in [0.29, 0.717) is 19.0 Å². The topological polar surface area (TPSA) is 49.2 Å². The third-order valence-electron chi connectivity index (χ3n) is 1.94. The Bertz CT molecular complexity index is 311. The fourth-order valence-corrected chi connectivity index (χ4v) is 1.97. The molecular formula is C10H17N3OS. The molecule has 0 amide bonds. The minimum atomic E-state index is 0.116. The number of rotatable bonds is 6. The minimum absolute atomic E-state index is 0.116. The summed E-state index contributed by atoms with van der Waals surface area (Å²) in [5, 5.41) is 9.78. The summed E-state index contributed by atoms with van der Waals surface area (Å²) in [7, 11) is 0. The van der Waals surface area contributed by atoms with Crippen molar-refractivity contribution in [1.82, 2.24) is 9.36 Å². The highest BCUT2D eigenvalue weighted by atomic mass is 32.1. The molecule has 1 aromatic heterocycles. The summed E-state index contributed by atoms with van der Waals surface area (Å²) in [6.45, 7) is 9.19. The van der Waals surface area contributed by atoms with Crippen LogP contribution in [-0.4, -0.2) is 34.2 Å². The van der Waals surface area contributed by atoms with Crippen molar-refractivity contribution >= 4 is 16.7 Å². The van der Waals surface area contributed by atoms with E-state index < -0.39 is 0 Å². The number of hydrogen-bond donors (Lipinski definition) is 1. The van der Waals surface area contributed by atoms with E-state index in [-0.39, 0.29) is 6.61 Å². The maximum atomic E-state index is 8.92. The van der Waals surface area contributed by atoms with Gasteiger partial charge >= 0.3 is 0 Å². The first-order valence-corrected chi connectivity index (χ1v) is 5.76. The molecule has 0 bridgehead atoms. The Morgan fingerprint density at radius 3 is 2.80 bits per heavy atom. The zero-order valence-electron chi connectivity index (χ0n) is 9.18. The molecule has 0 atom stereocenters. The van der Waals surface area contributed by atoms with Crippen LogP contribution in [0.15, 0.2) is 12.7 Å². The molecule has 84 valence electrons. The van der Waals surface area contributed by atoms with Gasteiger partial charge in [0, 0.05) is 30.5 Å². The van der Waals surface area contributed by atoms with Crippen molar-refractivity contribution in [2.45, 2.75) is 19.8 Å². The van der Waals surface area contributed by atoms with E-state index >= 15 is 0 Å². The van der Waals surface area contributed by atoms with Crippen LogP contribution in [0.4, 0.5) is 5.13 Å². The summed E-state index contributed by atoms with van der Waals surface area (Å²) in [6.07, 6.45) is 1.80. The smallest absolute Gasteiger partial charge is 0.205 e. The summed E-state index contributed by atoms with van der Waals surface area (Å²) in [5.41, 5.74) is 0. The van der Waals surface area contributed by atoms with E-state index in [1.54, 1.807) is 6.08 Å². The summed E-state index contributed by atoms with van der Waals surface area (Å²) < 4.78 is 4.27. The fourth-order valence-electron chi connectivity index (χ4n) is 1.13. The van der Waals surface area contributed by atoms with Crippen molar-refractivity contribution in [2.75, 3.05) is 24.6 Å². The molecule has 0 aromatic carbocycles. The van der Waals surface area contributed by atoms with E-state index in [0.717, 1.165) is 11.0 Å². The van der Waals surface area contributed by atoms with Crippen molar-refractivity contribution < 1.29 is 5.11 Å². The number of aliphatic hydroxyl groups is 1. The molecule has 0 unspecified atom stereocenters. The van der Waals surface area contributed by atoms with E-state index in [1.807, 2.05) is 4.90 Å². The van der Waals surface area contributed by atoms with Gasteiger partial charge in [-0.05, 0) is 0 Å². The molecule has 0 aliphatic carbocycles. The number of hydrogen-bond acceptors (Lipinski definition) is 5. The van der Waals surface area contributed by atoms with Crippen molar-refractivity contribution in [2.24, 2.45) is 0 Å². The van der Waals surface area contributed by atoms with Crippen molar-refractivity contribution in [3.63, 3.8) is 0 Å². The van der Waals surface area contributed by atoms with Crippen LogP contribution in [0.2, 0.25) is 0 Å². The van der Waals surface area contributed by atoms with Gasteiger partial charge in [0.25, 0.3) is 0 Å². The molecule has 1 aromatic rings. The first kappa shape index (κ1) is 12.1. The van der Waals surface area contributed by atoms with Gasteiger partial charge in [0.05, 0.1) is 6.61 Å². The van der Waals surface area contributed by atoms with Gasteiger partial charge < -0.3 is 10.0 Å². The quantitative estimate of drug-likeness (QED) is 0.751. The summed E-state index contributed by atoms with van der Waals surface area (Å²) in [6, 6.07) is 0. The maximum absolute atomic E-state index is 8.92. The van der Waals surface area contributed by atoms with Crippen LogP contribution in [0, 0.1) is 0 Å². The lowest BCUT2D eigenvalue weighted by molar-refractivity contribution is 0.303. The summed E-state index contributed by atoms with van der Waals surface area (Å²) in [5.74, 6) is 1.21. The average Bonchev–Trinajstić information content (AvgIpc) is 2.66. The third-order valence-corrected chi connectivity index (χ3v) is 2.73. The number of anilines is 1. The molecule has 5 heteroatoms. The van der Waals surface area contributed by atoms with Gasteiger partial charge in [0.1, 0.15) is 5.82 Å². The molecule has 1 rings (SSSR count). The monoisotopic (exact) mass is 227 g/mol. The van der Waals surface area contributed by atoms with Gasteiger partial charge in [-0.2, -0.15) is 4.37 Å². The SMILES string of the molecule is C=CCN(CCO)c1nc(C(C)C)ns1. The van der Waals surface area contributed by atoms with Crippen LogP contribution in [-0.2, 0) is 0 Å². The summed E-state index contributed by atoms with van der Waals surface area (Å²) >= 11 is 1.37. The van der Waals surface area contributed by atoms with Gasteiger partial charge in [-0.3, -0.25) is 0 Å². The molecule has 4 nitrogen and oxygen atoms in total. The Labute approximate surface area is 94.4 Å². The van der Waals surface area contributed by atoms with Gasteiger partial charge in [-0.1, -0.05) is 19.9 Å². The van der Waals surface area contributed by atoms with Gasteiger partial charge in [-0.15, -0.1) is 6.58 Å². The predicted molar refractivity (Wildman–Crippen MR) is 63.5 cm³/mol. The largest absolute Gasteiger partial charge is 0.395 e. The number of aromatic nitrogens is 2. The van der Waals surface area contributed by atoms with Crippen molar-refractivity contribution in [3.05, 3.63) is 18.5 Å². The highest BCUT2D eigenvalue weighted by Gasteiger charge is 2.12. The maximum Gasteiger partial charge on any atom is 0.205 e. The van der Waals surface area contributed by atoms with Gasteiger partial charge in [-0.25, -0.2) is 4.98 Å². The number of nitrogens with zero attached hydrogens (tertiary/aromatic N) is 3. The Hall–Kier alpha value is -0.940. The third kappa shape index (κ3) is 3.28. The molecule has 0 spiro atoms. The van der Waals surface area contributed by atoms with E-state index in [9.17, 15) is 0 Å². The van der Waals surface area contributed by atoms with Crippen molar-refractivity contribution in [1.29, 1.82) is 0 Å². The van der Waals surface area contributed by atoms with Crippen LogP contribution in [0.1, 0.15) is 25.6 Å². The highest BCUT2D eigenvalue weighted by molar-refractivity contribution is 7.09. The normalized spacial score (nSPS) is 10.7. The van der Waals surface area contributed by atoms with Crippen LogP contribution in [0.3, 0.4) is 0 Å². The lowest BCUT2D eigenvalue weighted by Gasteiger charge is -2.17. The average molecular weight is 227 g/mol. The minimum Gasteiger partial charge on any atom is -0.395 e. The molecule has 0 saturated carbocycles. The lowest BCUT2D eigenvalue weighted by atomic mass is 10.2. The molecular weight excluding hydrogens is 210 g/mol. The molecule has 0 radical (unpaired) electrons. The lowest BCUT2D eigenvalue weighted by Crippen LogP contribution is -2.26. The van der Waals surface area contributed by atoms with Crippen LogP contribution >= 0.6 is 11.5 Å². The molecule has 1 N–H and O–H groups in total. The first-order valence-electron chi connectivity index (χ1n) is 4.99. The first-order chi connectivity index (χ1) is 7.19. The predicted octanol–water partition coefficient (Wildman–Crippen LogP) is 1.65. The Kier molecular flexibility index (Phi) is 4.71. The molecule has 0 saturated heterocycles. The molecule has 1 heterocycles. The van der Waals surface area contributed by atoms with E-state index in [1.165, 1.54) is 11.5 Å². The highest BCUT2D eigenvalue weighted by Crippen LogP contribution is 2.20. The second kappa shape index (κ2) is 5.82.